The van der Waals surface area contributed by atoms with E-state index >= 15 is 0 Å². The van der Waals surface area contributed by atoms with E-state index in [0.29, 0.717) is 11.5 Å². The number of hydrogen-bond donors (Lipinski definition) is 1. The first-order valence-corrected chi connectivity index (χ1v) is 18.0. The minimum Gasteiger partial charge on any atom is -0.497 e. The Kier molecular flexibility index (Phi) is 13.1. The van der Waals surface area contributed by atoms with E-state index < -0.39 is 28.5 Å². The molecule has 0 spiro atoms. The Morgan fingerprint density at radius 3 is 2.04 bits per heavy atom. The Hall–Kier alpha value is -4.75. The lowest BCUT2D eigenvalue weighted by atomic mass is 10.0. The van der Waals surface area contributed by atoms with Gasteiger partial charge in [-0.25, -0.2) is 8.42 Å². The molecular weight excluding hydrogens is 726 g/mol. The van der Waals surface area contributed by atoms with E-state index in [2.05, 4.69) is 21.2 Å². The molecule has 0 heterocycles. The van der Waals surface area contributed by atoms with Crippen molar-refractivity contribution in [2.24, 2.45) is 0 Å². The molecule has 0 radical (unpaired) electrons. The van der Waals surface area contributed by atoms with Gasteiger partial charge in [-0.2, -0.15) is 0 Å². The fourth-order valence-corrected chi connectivity index (χ4v) is 7.26. The van der Waals surface area contributed by atoms with Crippen LogP contribution < -0.4 is 28.6 Å². The van der Waals surface area contributed by atoms with Crippen LogP contribution in [0.1, 0.15) is 25.0 Å². The second-order valence-corrected chi connectivity index (χ2v) is 14.4. The predicted octanol–water partition coefficient (Wildman–Crippen LogP) is 5.84. The zero-order chi connectivity index (χ0) is 36.4. The van der Waals surface area contributed by atoms with Crippen LogP contribution in [0.5, 0.6) is 23.0 Å². The maximum Gasteiger partial charge on any atom is 0.265 e. The number of nitrogens with one attached hydrogen (secondary N) is 1. The number of amides is 2. The molecule has 0 aromatic heterocycles. The maximum absolute atomic E-state index is 14.8. The summed E-state index contributed by atoms with van der Waals surface area (Å²) in [5, 5.41) is 2.96. The van der Waals surface area contributed by atoms with Crippen molar-refractivity contribution < 1.29 is 37.0 Å². The highest BCUT2D eigenvalue weighted by Gasteiger charge is 2.36. The molecule has 1 N–H and O–H groups in total. The van der Waals surface area contributed by atoms with Gasteiger partial charge in [0, 0.05) is 35.6 Å². The van der Waals surface area contributed by atoms with Crippen LogP contribution in [0.2, 0.25) is 0 Å². The lowest BCUT2D eigenvalue weighted by molar-refractivity contribution is -0.140. The van der Waals surface area contributed by atoms with Crippen LogP contribution in [0.15, 0.2) is 100 Å². The molecular formula is C37H42BrN3O8S. The number of ether oxygens (including phenoxy) is 4. The Balaban J connectivity index is 1.90. The van der Waals surface area contributed by atoms with Crippen molar-refractivity contribution in [2.45, 2.75) is 43.8 Å². The number of anilines is 1. The highest BCUT2D eigenvalue weighted by atomic mass is 79.9. The summed E-state index contributed by atoms with van der Waals surface area (Å²) in [6.45, 7) is 3.00. The summed E-state index contributed by atoms with van der Waals surface area (Å²) in [6, 6.07) is 24.4. The molecule has 0 aliphatic heterocycles. The summed E-state index contributed by atoms with van der Waals surface area (Å²) < 4.78 is 52.8. The molecule has 4 aromatic carbocycles. The van der Waals surface area contributed by atoms with Crippen LogP contribution in [-0.4, -0.2) is 72.2 Å². The Bertz CT molecular complexity index is 1890. The van der Waals surface area contributed by atoms with Gasteiger partial charge in [-0.15, -0.1) is 0 Å². The van der Waals surface area contributed by atoms with Gasteiger partial charge in [0.1, 0.15) is 24.1 Å². The number of nitrogens with zero attached hydrogens (tertiary/aromatic N) is 2. The van der Waals surface area contributed by atoms with Crippen LogP contribution in [0.4, 0.5) is 5.69 Å². The number of sulfonamides is 1. The summed E-state index contributed by atoms with van der Waals surface area (Å²) in [5.74, 6) is 0.0268. The quantitative estimate of drug-likeness (QED) is 0.151. The summed E-state index contributed by atoms with van der Waals surface area (Å²) in [4.78, 5) is 30.0. The van der Waals surface area contributed by atoms with E-state index in [1.165, 1.54) is 57.6 Å². The lowest BCUT2D eigenvalue weighted by Gasteiger charge is -2.34. The van der Waals surface area contributed by atoms with Crippen LogP contribution in [0.3, 0.4) is 0 Å². The van der Waals surface area contributed by atoms with Gasteiger partial charge in [-0.3, -0.25) is 13.9 Å². The van der Waals surface area contributed by atoms with Gasteiger partial charge in [-0.05, 0) is 61.4 Å². The van der Waals surface area contributed by atoms with Gasteiger partial charge in [0.25, 0.3) is 10.0 Å². The highest BCUT2D eigenvalue weighted by Crippen LogP contribution is 2.38. The van der Waals surface area contributed by atoms with Crippen molar-refractivity contribution in [3.63, 3.8) is 0 Å². The molecule has 0 aliphatic carbocycles. The third-order valence-electron chi connectivity index (χ3n) is 7.82. The van der Waals surface area contributed by atoms with Crippen LogP contribution in [0.25, 0.3) is 0 Å². The van der Waals surface area contributed by atoms with E-state index in [-0.39, 0.29) is 47.0 Å². The van der Waals surface area contributed by atoms with E-state index in [1.54, 1.807) is 12.1 Å². The SMILES string of the molecule is COc1ccc(OC)c(N(CC(=O)N(Cc2cccc(Br)c2)[C@H](Cc2ccccc2)C(=O)NC(C)C)S(=O)(=O)c2ccc(OC)c(OC)c2)c1. The molecule has 2 amide bonds. The molecule has 0 saturated heterocycles. The molecule has 0 fully saturated rings. The Labute approximate surface area is 302 Å². The van der Waals surface area contributed by atoms with Gasteiger partial charge >= 0.3 is 0 Å². The monoisotopic (exact) mass is 767 g/mol. The molecule has 4 aromatic rings. The number of halogens is 1. The number of benzene rings is 4. The second kappa shape index (κ2) is 17.3. The van der Waals surface area contributed by atoms with E-state index in [0.717, 1.165) is 19.9 Å². The maximum atomic E-state index is 14.8. The van der Waals surface area contributed by atoms with Crippen molar-refractivity contribution in [1.82, 2.24) is 10.2 Å². The fraction of sp³-hybridized carbons (Fsp3) is 0.297. The molecule has 0 saturated carbocycles. The summed E-state index contributed by atoms with van der Waals surface area (Å²) >= 11 is 3.50. The summed E-state index contributed by atoms with van der Waals surface area (Å²) in [5.41, 5.74) is 1.62. The smallest absolute Gasteiger partial charge is 0.265 e. The molecule has 1 atom stereocenters. The van der Waals surface area contributed by atoms with E-state index in [1.807, 2.05) is 68.4 Å². The molecule has 0 bridgehead atoms. The minimum atomic E-state index is -4.49. The predicted molar refractivity (Wildman–Crippen MR) is 196 cm³/mol. The Morgan fingerprint density at radius 2 is 1.42 bits per heavy atom. The van der Waals surface area contributed by atoms with Gasteiger partial charge in [-0.1, -0.05) is 58.4 Å². The van der Waals surface area contributed by atoms with Crippen molar-refractivity contribution in [3.05, 3.63) is 107 Å². The van der Waals surface area contributed by atoms with Crippen molar-refractivity contribution in [2.75, 3.05) is 39.3 Å². The van der Waals surface area contributed by atoms with Crippen LogP contribution in [-0.2, 0) is 32.6 Å². The number of carbonyl (C=O) groups excluding carboxylic acids is 2. The molecule has 266 valence electrons. The normalized spacial score (nSPS) is 11.8. The third kappa shape index (κ3) is 9.27. The molecule has 50 heavy (non-hydrogen) atoms. The van der Waals surface area contributed by atoms with Gasteiger partial charge in [0.05, 0.1) is 39.0 Å². The Morgan fingerprint density at radius 1 is 0.760 bits per heavy atom. The summed E-state index contributed by atoms with van der Waals surface area (Å²) in [7, 11) is 1.20. The van der Waals surface area contributed by atoms with Gasteiger partial charge < -0.3 is 29.2 Å². The first kappa shape index (κ1) is 38.1. The van der Waals surface area contributed by atoms with Crippen LogP contribution >= 0.6 is 15.9 Å². The molecule has 0 aliphatic rings. The molecule has 13 heteroatoms. The van der Waals surface area contributed by atoms with Gasteiger partial charge in [0.15, 0.2) is 11.5 Å². The number of rotatable bonds is 16. The summed E-state index contributed by atoms with van der Waals surface area (Å²) in [6.07, 6.45) is 0.185. The van der Waals surface area contributed by atoms with E-state index in [4.69, 9.17) is 18.9 Å². The van der Waals surface area contributed by atoms with E-state index in [9.17, 15) is 18.0 Å². The lowest BCUT2D eigenvalue weighted by Crippen LogP contribution is -2.54. The number of methoxy groups -OCH3 is 4. The average molecular weight is 769 g/mol. The standard InChI is InChI=1S/C37H42BrN3O8S/c1-25(2)39-37(43)32(20-26-11-8-7-9-12-26)40(23-27-13-10-14-28(38)19-27)36(42)24-41(31-21-29(46-3)15-17-33(31)47-4)50(44,45)30-16-18-34(48-5)35(22-30)49-6/h7-19,21-22,25,32H,20,23-24H2,1-6H3,(H,39,43)/t32-/m1/s1. The number of hydrogen-bond acceptors (Lipinski definition) is 8. The van der Waals surface area contributed by atoms with Crippen molar-refractivity contribution in [3.8, 4) is 23.0 Å². The molecule has 11 nitrogen and oxygen atoms in total. The topological polar surface area (TPSA) is 124 Å². The van der Waals surface area contributed by atoms with Crippen molar-refractivity contribution in [1.29, 1.82) is 0 Å². The zero-order valence-electron chi connectivity index (χ0n) is 28.9. The highest BCUT2D eigenvalue weighted by molar-refractivity contribution is 9.10. The first-order valence-electron chi connectivity index (χ1n) is 15.8. The fourth-order valence-electron chi connectivity index (χ4n) is 5.38. The number of carbonyl (C=O) groups is 2. The average Bonchev–Trinajstić information content (AvgIpc) is 3.11. The third-order valence-corrected chi connectivity index (χ3v) is 10.1. The van der Waals surface area contributed by atoms with Crippen molar-refractivity contribution >= 4 is 43.5 Å². The molecule has 0 unspecified atom stereocenters. The minimum absolute atomic E-state index is 0.0147. The van der Waals surface area contributed by atoms with Gasteiger partial charge in [0.2, 0.25) is 11.8 Å². The molecule has 4 rings (SSSR count). The largest absolute Gasteiger partial charge is 0.497 e. The van der Waals surface area contributed by atoms with Crippen LogP contribution in [0, 0.1) is 0 Å². The first-order chi connectivity index (χ1) is 23.9. The second-order valence-electron chi connectivity index (χ2n) is 11.6. The zero-order valence-corrected chi connectivity index (χ0v) is 31.3.